The van der Waals surface area contributed by atoms with Crippen LogP contribution >= 0.6 is 0 Å². The largest absolute Gasteiger partial charge is 0.394 e. The van der Waals surface area contributed by atoms with Gasteiger partial charge in [0, 0.05) is 12.3 Å². The molecular weight excluding hydrogens is 1090 g/mol. The molecule has 10 rings (SSSR count). The van der Waals surface area contributed by atoms with Crippen LogP contribution in [-0.2, 0) is 52.1 Å². The Balaban J connectivity index is 0.703. The van der Waals surface area contributed by atoms with Gasteiger partial charge in [-0.05, 0) is 112 Å². The number of ether oxygens (including phenoxy) is 11. The molecule has 4 aliphatic carbocycles. The van der Waals surface area contributed by atoms with Crippen molar-refractivity contribution in [2.75, 3.05) is 26.4 Å². The monoisotopic (exact) mass is 1180 g/mol. The van der Waals surface area contributed by atoms with Crippen LogP contribution in [0.4, 0.5) is 0 Å². The lowest BCUT2D eigenvalue weighted by atomic mass is 9.44. The Morgan fingerprint density at radius 1 is 0.549 bits per heavy atom. The van der Waals surface area contributed by atoms with Gasteiger partial charge in [-0.15, -0.1) is 0 Å². The fourth-order valence-corrected chi connectivity index (χ4v) is 16.6. The number of aliphatic hydroxyl groups is 16. The molecular formula is C55H92O27. The summed E-state index contributed by atoms with van der Waals surface area (Å²) >= 11 is 0. The van der Waals surface area contributed by atoms with Gasteiger partial charge in [0.2, 0.25) is 0 Å². The van der Waals surface area contributed by atoms with Gasteiger partial charge < -0.3 is 134 Å². The molecule has 10 aliphatic rings. The first kappa shape index (κ1) is 63.9. The van der Waals surface area contributed by atoms with Gasteiger partial charge in [0.1, 0.15) is 110 Å². The topological polar surface area (TPSA) is 425 Å². The number of aliphatic hydroxyl groups excluding tert-OH is 15. The highest BCUT2D eigenvalue weighted by molar-refractivity contribution is 5.15. The molecule has 6 aliphatic heterocycles. The smallest absolute Gasteiger partial charge is 0.187 e. The lowest BCUT2D eigenvalue weighted by molar-refractivity contribution is -0.378. The third-order valence-corrected chi connectivity index (χ3v) is 21.5. The van der Waals surface area contributed by atoms with E-state index in [9.17, 15) is 81.7 Å². The zero-order valence-electron chi connectivity index (χ0n) is 47.1. The van der Waals surface area contributed by atoms with Gasteiger partial charge in [0.25, 0.3) is 0 Å². The van der Waals surface area contributed by atoms with Crippen molar-refractivity contribution < 1.29 is 134 Å². The molecule has 0 spiro atoms. The summed E-state index contributed by atoms with van der Waals surface area (Å²) in [6, 6.07) is 0. The Bertz CT molecular complexity index is 2100. The highest BCUT2D eigenvalue weighted by atomic mass is 16.8. The van der Waals surface area contributed by atoms with E-state index in [1.165, 1.54) is 6.92 Å². The Labute approximate surface area is 475 Å². The molecule has 6 heterocycles. The van der Waals surface area contributed by atoms with Crippen LogP contribution in [0.5, 0.6) is 0 Å². The number of hydrogen-bond donors (Lipinski definition) is 16. The van der Waals surface area contributed by atoms with Crippen molar-refractivity contribution in [3.8, 4) is 0 Å². The molecule has 0 bridgehead atoms. The summed E-state index contributed by atoms with van der Waals surface area (Å²) in [6.07, 6.45) is -30.5. The first-order valence-corrected chi connectivity index (χ1v) is 29.7. The molecule has 474 valence electrons. The quantitative estimate of drug-likeness (QED) is 0.0646. The lowest BCUT2D eigenvalue weighted by Crippen LogP contribution is -2.65. The van der Waals surface area contributed by atoms with E-state index in [0.29, 0.717) is 42.9 Å². The van der Waals surface area contributed by atoms with E-state index in [2.05, 4.69) is 20.8 Å². The first-order chi connectivity index (χ1) is 38.7. The average molecular weight is 1190 g/mol. The number of hydrogen-bond acceptors (Lipinski definition) is 27. The van der Waals surface area contributed by atoms with Crippen molar-refractivity contribution >= 4 is 0 Å². The van der Waals surface area contributed by atoms with Crippen LogP contribution in [0.2, 0.25) is 0 Å². The van der Waals surface area contributed by atoms with Crippen molar-refractivity contribution in [1.29, 1.82) is 0 Å². The van der Waals surface area contributed by atoms with E-state index >= 15 is 0 Å². The van der Waals surface area contributed by atoms with E-state index in [4.69, 9.17) is 52.1 Å². The van der Waals surface area contributed by atoms with Gasteiger partial charge in [0.05, 0.1) is 50.8 Å². The minimum atomic E-state index is -1.88. The maximum Gasteiger partial charge on any atom is 0.187 e. The van der Waals surface area contributed by atoms with Crippen LogP contribution in [-0.4, -0.2) is 280 Å². The van der Waals surface area contributed by atoms with Gasteiger partial charge in [-0.25, -0.2) is 0 Å². The van der Waals surface area contributed by atoms with Gasteiger partial charge in [-0.2, -0.15) is 0 Å². The van der Waals surface area contributed by atoms with Crippen molar-refractivity contribution in [2.24, 2.45) is 46.3 Å². The number of fused-ring (bicyclic) bond motifs is 7. The highest BCUT2D eigenvalue weighted by Crippen LogP contribution is 2.71. The van der Waals surface area contributed by atoms with Crippen molar-refractivity contribution in [1.82, 2.24) is 0 Å². The van der Waals surface area contributed by atoms with Crippen LogP contribution in [0.3, 0.4) is 0 Å². The molecule has 0 aromatic carbocycles. The SMILES string of the molecule is C[C@H](CC[C@@]1(O)O[C@H]2C[C@@H]3[C@@H]4CC[C@@H]5C[C@H](O[C@@H]6O[C@H](CO[C@@H]7O[C@@H](C)[C@H](O[C@@H]8OC[C@H](O)[C@H](O)[C@H]8O[C@@H]8O[C@H](CO)[C@@H](O)[C@H](O)[C@H]8O)[C@@H](O)[C@H]7O)[C@@H](O)[C@H](O)[C@H]6O)CC[C@@]5(C)[C@H]4CC[C@@]3(C)[C@H]2[C@@H]1C)O[C@@H]1O[C@H](CO)[C@@H](O)[C@H](O)[C@H]1O. The van der Waals surface area contributed by atoms with Gasteiger partial charge >= 0.3 is 0 Å². The molecule has 36 atom stereocenters. The average Bonchev–Trinajstić information content (AvgIpc) is 4.13. The molecule has 0 amide bonds. The Kier molecular flexibility index (Phi) is 19.5. The summed E-state index contributed by atoms with van der Waals surface area (Å²) in [5.41, 5.74) is -0.0481. The summed E-state index contributed by atoms with van der Waals surface area (Å²) in [5.74, 6) is 0.182. The van der Waals surface area contributed by atoms with Crippen molar-refractivity contribution in [3.63, 3.8) is 0 Å². The third kappa shape index (κ3) is 11.6. The van der Waals surface area contributed by atoms with E-state index < -0.39 is 186 Å². The van der Waals surface area contributed by atoms with Gasteiger partial charge in [-0.3, -0.25) is 0 Å². The van der Waals surface area contributed by atoms with Crippen LogP contribution < -0.4 is 0 Å². The summed E-state index contributed by atoms with van der Waals surface area (Å²) in [4.78, 5) is 0. The van der Waals surface area contributed by atoms with Gasteiger partial charge in [0.15, 0.2) is 37.2 Å². The second-order valence-electron chi connectivity index (χ2n) is 26.2. The molecule has 0 aromatic rings. The summed E-state index contributed by atoms with van der Waals surface area (Å²) < 4.78 is 65.2. The molecule has 16 N–H and O–H groups in total. The van der Waals surface area contributed by atoms with E-state index in [1.807, 2.05) is 0 Å². The maximum atomic E-state index is 12.1. The van der Waals surface area contributed by atoms with Crippen LogP contribution in [0.15, 0.2) is 0 Å². The predicted molar refractivity (Wildman–Crippen MR) is 272 cm³/mol. The fraction of sp³-hybridized carbons (Fsp3) is 1.00. The summed E-state index contributed by atoms with van der Waals surface area (Å²) in [5, 5.41) is 171. The Morgan fingerprint density at radius 3 is 1.78 bits per heavy atom. The Morgan fingerprint density at radius 2 is 1.12 bits per heavy atom. The first-order valence-electron chi connectivity index (χ1n) is 29.7. The van der Waals surface area contributed by atoms with Gasteiger partial charge in [-0.1, -0.05) is 20.8 Å². The summed E-state index contributed by atoms with van der Waals surface area (Å²) in [6.45, 7) is 7.81. The van der Waals surface area contributed by atoms with Crippen LogP contribution in [0.1, 0.15) is 98.8 Å². The number of rotatable bonds is 16. The highest BCUT2D eigenvalue weighted by Gasteiger charge is 2.69. The van der Waals surface area contributed by atoms with Crippen molar-refractivity contribution in [2.45, 2.75) is 270 Å². The van der Waals surface area contributed by atoms with Crippen molar-refractivity contribution in [3.05, 3.63) is 0 Å². The third-order valence-electron chi connectivity index (χ3n) is 21.5. The molecule has 0 unspecified atom stereocenters. The molecule has 10 fully saturated rings. The normalized spacial score (nSPS) is 56.5. The zero-order valence-corrected chi connectivity index (χ0v) is 47.1. The molecule has 4 saturated carbocycles. The fourth-order valence-electron chi connectivity index (χ4n) is 16.6. The van der Waals surface area contributed by atoms with E-state index in [-0.39, 0.29) is 41.3 Å². The molecule has 27 heteroatoms. The summed E-state index contributed by atoms with van der Waals surface area (Å²) in [7, 11) is 0. The molecule has 0 radical (unpaired) electrons. The molecule has 27 nitrogen and oxygen atoms in total. The molecule has 0 aromatic heterocycles. The molecule has 6 saturated heterocycles. The minimum Gasteiger partial charge on any atom is -0.394 e. The minimum absolute atomic E-state index is 0.00747. The molecule has 82 heavy (non-hydrogen) atoms. The Hall–Kier alpha value is -1.08. The maximum absolute atomic E-state index is 12.1. The predicted octanol–water partition coefficient (Wildman–Crippen LogP) is -4.71. The van der Waals surface area contributed by atoms with E-state index in [0.717, 1.165) is 38.5 Å². The van der Waals surface area contributed by atoms with E-state index in [1.54, 1.807) is 6.92 Å². The van der Waals surface area contributed by atoms with Crippen LogP contribution in [0, 0.1) is 46.3 Å². The standard InChI is InChI=1S/C55H92O27/c1-20(74-49-42(67)38(63)35(60)30(16-56)77-49)8-13-55(71)21(2)33-29(82-55)15-27-25-7-6-23-14-24(9-11-53(23,4)26(25)10-12-54(27,33)5)76-50-43(68)40(65)37(62)32(79-50)19-73-48-45(70)41(66)46(22(3)75-48)80-52-47(34(59)28(58)18-72-52)81-51-44(69)39(64)36(61)31(17-57)78-51/h20-52,56-71H,6-19H2,1-5H3/t20-,21+,22+,23-,24-,25-,26+,27-,28+,29+,30-,31-,32-,33+,34+,35-,36-,37-,38+,39+,40+,41+,42-,43-,44-,45-,46+,47-,48-,49-,50-,51+,52+,53-,54-,55-/m1/s1. The second-order valence-corrected chi connectivity index (χ2v) is 26.2. The van der Waals surface area contributed by atoms with Crippen LogP contribution in [0.25, 0.3) is 0 Å². The zero-order chi connectivity index (χ0) is 59.2. The lowest BCUT2D eigenvalue weighted by Gasteiger charge is -2.61. The second kappa shape index (κ2) is 25.1.